The van der Waals surface area contributed by atoms with Gasteiger partial charge in [0.05, 0.1) is 11.6 Å². The highest BCUT2D eigenvalue weighted by molar-refractivity contribution is 9.10. The van der Waals surface area contributed by atoms with Crippen LogP contribution in [0.3, 0.4) is 0 Å². The average Bonchev–Trinajstić information content (AvgIpc) is 2.18. The van der Waals surface area contributed by atoms with Gasteiger partial charge in [-0.2, -0.15) is 0 Å². The van der Waals surface area contributed by atoms with E-state index in [2.05, 4.69) is 26.0 Å². The number of nitrogens with zero attached hydrogens (tertiary/aromatic N) is 3. The molecule has 74 valence electrons. The minimum Gasteiger partial charge on any atom is -0.496 e. The van der Waals surface area contributed by atoms with Gasteiger partial charge in [-0.1, -0.05) is 11.2 Å². The van der Waals surface area contributed by atoms with Gasteiger partial charge in [-0.25, -0.2) is 0 Å². The number of halogens is 1. The van der Waals surface area contributed by atoms with Gasteiger partial charge in [-0.15, -0.1) is 0 Å². The van der Waals surface area contributed by atoms with Crippen LogP contribution in [0.15, 0.2) is 27.8 Å². The molecule has 0 bridgehead atoms. The lowest BCUT2D eigenvalue weighted by Gasteiger charge is -2.04. The number of benzene rings is 1. The molecule has 0 aromatic heterocycles. The van der Waals surface area contributed by atoms with Crippen molar-refractivity contribution in [2.45, 2.75) is 6.42 Å². The first kappa shape index (κ1) is 10.9. The molecule has 1 aromatic carbocycles. The van der Waals surface area contributed by atoms with E-state index in [0.717, 1.165) is 22.2 Å². The van der Waals surface area contributed by atoms with E-state index in [9.17, 15) is 0 Å². The van der Waals surface area contributed by atoms with Crippen molar-refractivity contribution in [3.8, 4) is 5.75 Å². The summed E-state index contributed by atoms with van der Waals surface area (Å²) < 4.78 is 6.01. The summed E-state index contributed by atoms with van der Waals surface area (Å²) in [6, 6.07) is 5.80. The van der Waals surface area contributed by atoms with E-state index < -0.39 is 0 Å². The lowest BCUT2D eigenvalue weighted by molar-refractivity contribution is 0.412. The molecule has 0 N–H and O–H groups in total. The summed E-state index contributed by atoms with van der Waals surface area (Å²) >= 11 is 3.39. The third kappa shape index (κ3) is 2.94. The van der Waals surface area contributed by atoms with Crippen LogP contribution in [-0.2, 0) is 6.42 Å². The summed E-state index contributed by atoms with van der Waals surface area (Å²) in [4.78, 5) is 2.70. The Morgan fingerprint density at radius 2 is 2.36 bits per heavy atom. The molecule has 4 nitrogen and oxygen atoms in total. The van der Waals surface area contributed by atoms with Gasteiger partial charge in [-0.3, -0.25) is 0 Å². The minimum absolute atomic E-state index is 0.481. The molecule has 1 aromatic rings. The van der Waals surface area contributed by atoms with Crippen LogP contribution in [0.25, 0.3) is 10.4 Å². The Morgan fingerprint density at radius 1 is 1.57 bits per heavy atom. The zero-order valence-electron chi connectivity index (χ0n) is 7.77. The second kappa shape index (κ2) is 5.52. The number of methoxy groups -OCH3 is 1. The van der Waals surface area contributed by atoms with Crippen LogP contribution in [-0.4, -0.2) is 13.7 Å². The molecule has 0 spiro atoms. The number of azide groups is 1. The van der Waals surface area contributed by atoms with E-state index in [1.54, 1.807) is 7.11 Å². The standard InChI is InChI=1S/C9H10BrN3O/c1-14-9-3-2-7(6-8(9)10)4-5-12-13-11/h2-3,6H,4-5H2,1H3. The smallest absolute Gasteiger partial charge is 0.133 e. The first-order chi connectivity index (χ1) is 6.77. The molecule has 0 heterocycles. The topological polar surface area (TPSA) is 58.0 Å². The molecule has 0 atom stereocenters. The Kier molecular flexibility index (Phi) is 4.29. The van der Waals surface area contributed by atoms with Crippen LogP contribution in [0.1, 0.15) is 5.56 Å². The van der Waals surface area contributed by atoms with Crippen LogP contribution in [0.2, 0.25) is 0 Å². The van der Waals surface area contributed by atoms with Gasteiger partial charge in [0.2, 0.25) is 0 Å². The second-order valence-corrected chi connectivity index (χ2v) is 3.53. The maximum atomic E-state index is 8.11. The van der Waals surface area contributed by atoms with E-state index in [1.807, 2.05) is 18.2 Å². The third-order valence-corrected chi connectivity index (χ3v) is 2.40. The van der Waals surface area contributed by atoms with Crippen molar-refractivity contribution in [1.82, 2.24) is 0 Å². The zero-order chi connectivity index (χ0) is 10.4. The van der Waals surface area contributed by atoms with E-state index in [0.29, 0.717) is 6.54 Å². The number of ether oxygens (including phenoxy) is 1. The normalized spacial score (nSPS) is 9.29. The first-order valence-electron chi connectivity index (χ1n) is 4.11. The Bertz CT molecular complexity index is 361. The van der Waals surface area contributed by atoms with Crippen molar-refractivity contribution in [2.24, 2.45) is 5.11 Å². The van der Waals surface area contributed by atoms with Gasteiger partial charge in [0.1, 0.15) is 5.75 Å². The largest absolute Gasteiger partial charge is 0.496 e. The Morgan fingerprint density at radius 3 is 2.93 bits per heavy atom. The maximum Gasteiger partial charge on any atom is 0.133 e. The molecule has 0 aliphatic rings. The summed E-state index contributed by atoms with van der Waals surface area (Å²) in [7, 11) is 1.62. The van der Waals surface area contributed by atoms with Gasteiger partial charge in [-0.05, 0) is 45.6 Å². The van der Waals surface area contributed by atoms with Gasteiger partial charge < -0.3 is 4.74 Å². The molecule has 0 aliphatic carbocycles. The molecule has 0 saturated carbocycles. The fraction of sp³-hybridized carbons (Fsp3) is 0.333. The summed E-state index contributed by atoms with van der Waals surface area (Å²) in [5.41, 5.74) is 9.23. The van der Waals surface area contributed by atoms with Crippen LogP contribution in [0, 0.1) is 0 Å². The lowest BCUT2D eigenvalue weighted by Crippen LogP contribution is -1.90. The summed E-state index contributed by atoms with van der Waals surface area (Å²) in [5.74, 6) is 0.803. The van der Waals surface area contributed by atoms with Crippen LogP contribution in [0.5, 0.6) is 5.75 Å². The highest BCUT2D eigenvalue weighted by atomic mass is 79.9. The number of hydrogen-bond acceptors (Lipinski definition) is 2. The molecule has 0 saturated heterocycles. The predicted octanol–water partition coefficient (Wildman–Crippen LogP) is 3.31. The maximum absolute atomic E-state index is 8.11. The fourth-order valence-electron chi connectivity index (χ4n) is 1.09. The number of rotatable bonds is 4. The Labute approximate surface area is 90.6 Å². The van der Waals surface area contributed by atoms with Crippen molar-refractivity contribution in [1.29, 1.82) is 0 Å². The molecular weight excluding hydrogens is 246 g/mol. The van der Waals surface area contributed by atoms with Crippen molar-refractivity contribution in [3.05, 3.63) is 38.7 Å². The van der Waals surface area contributed by atoms with Gasteiger partial charge in [0.15, 0.2) is 0 Å². The van der Waals surface area contributed by atoms with Gasteiger partial charge >= 0.3 is 0 Å². The van der Waals surface area contributed by atoms with Gasteiger partial charge in [0.25, 0.3) is 0 Å². The molecule has 5 heteroatoms. The Balaban J connectivity index is 2.70. The van der Waals surface area contributed by atoms with Crippen LogP contribution in [0.4, 0.5) is 0 Å². The fourth-order valence-corrected chi connectivity index (χ4v) is 1.68. The van der Waals surface area contributed by atoms with Gasteiger partial charge in [0, 0.05) is 11.5 Å². The Hall–Kier alpha value is -1.19. The van der Waals surface area contributed by atoms with Crippen molar-refractivity contribution in [2.75, 3.05) is 13.7 Å². The van der Waals surface area contributed by atoms with Crippen molar-refractivity contribution >= 4 is 15.9 Å². The average molecular weight is 256 g/mol. The first-order valence-corrected chi connectivity index (χ1v) is 4.90. The third-order valence-electron chi connectivity index (χ3n) is 1.78. The molecular formula is C9H10BrN3O. The summed E-state index contributed by atoms with van der Waals surface area (Å²) in [6.07, 6.45) is 0.743. The molecule has 0 aliphatic heterocycles. The lowest BCUT2D eigenvalue weighted by atomic mass is 10.1. The molecule has 0 fully saturated rings. The van der Waals surface area contributed by atoms with Crippen molar-refractivity contribution < 1.29 is 4.74 Å². The minimum atomic E-state index is 0.481. The van der Waals surface area contributed by atoms with E-state index in [4.69, 9.17) is 10.3 Å². The van der Waals surface area contributed by atoms with E-state index >= 15 is 0 Å². The molecule has 0 radical (unpaired) electrons. The second-order valence-electron chi connectivity index (χ2n) is 2.67. The highest BCUT2D eigenvalue weighted by Crippen LogP contribution is 2.25. The molecule has 1 rings (SSSR count). The SMILES string of the molecule is COc1ccc(CCN=[N+]=[N-])cc1Br. The summed E-state index contributed by atoms with van der Waals surface area (Å²) in [6.45, 7) is 0.481. The zero-order valence-corrected chi connectivity index (χ0v) is 9.36. The molecule has 0 amide bonds. The summed E-state index contributed by atoms with van der Waals surface area (Å²) in [5, 5.41) is 3.47. The quantitative estimate of drug-likeness (QED) is 0.463. The highest BCUT2D eigenvalue weighted by Gasteiger charge is 2.00. The van der Waals surface area contributed by atoms with Crippen molar-refractivity contribution in [3.63, 3.8) is 0 Å². The van der Waals surface area contributed by atoms with Crippen LogP contribution >= 0.6 is 15.9 Å². The monoisotopic (exact) mass is 255 g/mol. The molecule has 14 heavy (non-hydrogen) atoms. The van der Waals surface area contributed by atoms with Crippen LogP contribution < -0.4 is 4.74 Å². The number of hydrogen-bond donors (Lipinski definition) is 0. The van der Waals surface area contributed by atoms with E-state index in [1.165, 1.54) is 0 Å². The predicted molar refractivity (Wildman–Crippen MR) is 58.4 cm³/mol. The molecule has 0 unspecified atom stereocenters. The van der Waals surface area contributed by atoms with E-state index in [-0.39, 0.29) is 0 Å².